The van der Waals surface area contributed by atoms with Crippen LogP contribution in [0.25, 0.3) is 22.8 Å². The van der Waals surface area contributed by atoms with E-state index in [1.165, 1.54) is 29.4 Å². The van der Waals surface area contributed by atoms with Gasteiger partial charge in [0.25, 0.3) is 0 Å². The highest BCUT2D eigenvalue weighted by molar-refractivity contribution is 7.92. The standard InChI is InChI=1S/C29H30F3N7O3S/c1-16-5-12-20-23(16)36-25(22-24(18-10-11-18)33-15-34-28(22)42-3)37-27(20)39(43(4,40)41)13-17-6-8-19(9-7-17)26-35-21(14-38(26)2)29(30,31)32/h6-9,14-16,18H,5,10-13H2,1-4H3. The van der Waals surface area contributed by atoms with Gasteiger partial charge in [0.2, 0.25) is 15.9 Å². The van der Waals surface area contributed by atoms with Gasteiger partial charge in [-0.25, -0.2) is 37.6 Å². The molecule has 3 aromatic heterocycles. The number of hydrogen-bond acceptors (Lipinski definition) is 8. The number of nitrogens with zero attached hydrogens (tertiary/aromatic N) is 7. The van der Waals surface area contributed by atoms with Crippen LogP contribution in [0.15, 0.2) is 36.8 Å². The summed E-state index contributed by atoms with van der Waals surface area (Å²) in [4.78, 5) is 22.3. The number of aromatic nitrogens is 6. The van der Waals surface area contributed by atoms with E-state index >= 15 is 0 Å². The van der Waals surface area contributed by atoms with E-state index in [0.29, 0.717) is 40.6 Å². The van der Waals surface area contributed by atoms with Crippen molar-refractivity contribution in [2.45, 2.75) is 57.2 Å². The highest BCUT2D eigenvalue weighted by Gasteiger charge is 2.36. The fourth-order valence-electron chi connectivity index (χ4n) is 5.51. The van der Waals surface area contributed by atoms with Crippen LogP contribution in [0, 0.1) is 0 Å². The first-order chi connectivity index (χ1) is 20.3. The number of ether oxygens (including phenoxy) is 1. The van der Waals surface area contributed by atoms with Gasteiger partial charge < -0.3 is 9.30 Å². The topological polar surface area (TPSA) is 116 Å². The monoisotopic (exact) mass is 613 g/mol. The lowest BCUT2D eigenvalue weighted by molar-refractivity contribution is -0.140. The highest BCUT2D eigenvalue weighted by atomic mass is 32.2. The molecule has 43 heavy (non-hydrogen) atoms. The minimum atomic E-state index is -4.56. The average molecular weight is 614 g/mol. The minimum absolute atomic E-state index is 0.0390. The van der Waals surface area contributed by atoms with Crippen LogP contribution in [0.2, 0.25) is 0 Å². The number of rotatable bonds is 8. The number of halogens is 3. The number of methoxy groups -OCH3 is 1. The van der Waals surface area contributed by atoms with Gasteiger partial charge in [-0.05, 0) is 37.2 Å². The smallest absolute Gasteiger partial charge is 0.434 e. The summed E-state index contributed by atoms with van der Waals surface area (Å²) in [6.07, 6.45) is 2.32. The van der Waals surface area contributed by atoms with Crippen molar-refractivity contribution in [2.75, 3.05) is 17.7 Å². The molecule has 10 nitrogen and oxygen atoms in total. The molecule has 0 aliphatic heterocycles. The van der Waals surface area contributed by atoms with Crippen molar-refractivity contribution in [3.8, 4) is 28.7 Å². The molecule has 0 radical (unpaired) electrons. The first kappa shape index (κ1) is 29.0. The zero-order valence-electron chi connectivity index (χ0n) is 24.1. The molecule has 4 aromatic rings. The second kappa shape index (κ2) is 10.6. The Hall–Kier alpha value is -4.07. The summed E-state index contributed by atoms with van der Waals surface area (Å²) >= 11 is 0. The van der Waals surface area contributed by atoms with E-state index in [4.69, 9.17) is 14.7 Å². The van der Waals surface area contributed by atoms with E-state index in [9.17, 15) is 21.6 Å². The molecular weight excluding hydrogens is 583 g/mol. The summed E-state index contributed by atoms with van der Waals surface area (Å²) < 4.78 is 74.3. The molecule has 226 valence electrons. The van der Waals surface area contributed by atoms with Crippen LogP contribution < -0.4 is 9.04 Å². The number of alkyl halides is 3. The molecule has 1 saturated carbocycles. The first-order valence-corrected chi connectivity index (χ1v) is 15.7. The van der Waals surface area contributed by atoms with Crippen LogP contribution in [-0.4, -0.2) is 51.3 Å². The Morgan fingerprint density at radius 1 is 1.05 bits per heavy atom. The molecule has 14 heteroatoms. The van der Waals surface area contributed by atoms with Crippen molar-refractivity contribution >= 4 is 15.8 Å². The lowest BCUT2D eigenvalue weighted by Crippen LogP contribution is -2.31. The van der Waals surface area contributed by atoms with Gasteiger partial charge in [-0.1, -0.05) is 31.2 Å². The largest absolute Gasteiger partial charge is 0.480 e. The summed E-state index contributed by atoms with van der Waals surface area (Å²) in [6.45, 7) is 2.01. The van der Waals surface area contributed by atoms with Crippen LogP contribution in [0.1, 0.15) is 66.2 Å². The van der Waals surface area contributed by atoms with E-state index in [0.717, 1.165) is 48.7 Å². The normalized spacial score (nSPS) is 16.8. The second-order valence-corrected chi connectivity index (χ2v) is 13.0. The summed E-state index contributed by atoms with van der Waals surface area (Å²) in [5.41, 5.74) is 3.02. The maximum absolute atomic E-state index is 13.3. The number of hydrogen-bond donors (Lipinski definition) is 0. The molecule has 1 atom stereocenters. The number of anilines is 1. The number of sulfonamides is 1. The van der Waals surface area contributed by atoms with Gasteiger partial charge in [0.1, 0.15) is 23.5 Å². The Bertz CT molecular complexity index is 1800. The van der Waals surface area contributed by atoms with Gasteiger partial charge >= 0.3 is 6.18 Å². The Labute approximate surface area is 247 Å². The summed E-state index contributed by atoms with van der Waals surface area (Å²) in [5, 5.41) is 0. The van der Waals surface area contributed by atoms with E-state index in [2.05, 4.69) is 21.9 Å². The second-order valence-electron chi connectivity index (χ2n) is 11.1. The van der Waals surface area contributed by atoms with Crippen LogP contribution >= 0.6 is 0 Å². The van der Waals surface area contributed by atoms with Crippen molar-refractivity contribution in [3.05, 3.63) is 65.0 Å². The molecule has 2 aliphatic carbocycles. The first-order valence-electron chi connectivity index (χ1n) is 13.8. The third kappa shape index (κ3) is 5.55. The van der Waals surface area contributed by atoms with Gasteiger partial charge in [0, 0.05) is 30.3 Å². The van der Waals surface area contributed by atoms with Crippen molar-refractivity contribution in [3.63, 3.8) is 0 Å². The third-order valence-corrected chi connectivity index (χ3v) is 8.98. The quantitative estimate of drug-likeness (QED) is 0.265. The molecule has 0 saturated heterocycles. The summed E-state index contributed by atoms with van der Waals surface area (Å²) in [7, 11) is -0.820. The number of benzene rings is 1. The summed E-state index contributed by atoms with van der Waals surface area (Å²) in [6, 6.07) is 6.62. The van der Waals surface area contributed by atoms with Crippen molar-refractivity contribution < 1.29 is 26.3 Å². The lowest BCUT2D eigenvalue weighted by atomic mass is 10.1. The Morgan fingerprint density at radius 2 is 1.77 bits per heavy atom. The number of fused-ring (bicyclic) bond motifs is 1. The van der Waals surface area contributed by atoms with Crippen LogP contribution in [0.5, 0.6) is 5.88 Å². The van der Waals surface area contributed by atoms with Gasteiger partial charge in [-0.15, -0.1) is 0 Å². The zero-order valence-corrected chi connectivity index (χ0v) is 24.9. The van der Waals surface area contributed by atoms with Gasteiger partial charge in [-0.2, -0.15) is 13.2 Å². The predicted molar refractivity (Wildman–Crippen MR) is 153 cm³/mol. The van der Waals surface area contributed by atoms with Crippen molar-refractivity contribution in [1.29, 1.82) is 0 Å². The summed E-state index contributed by atoms with van der Waals surface area (Å²) in [5.74, 6) is 1.42. The Balaban J connectivity index is 1.41. The molecule has 1 aromatic carbocycles. The van der Waals surface area contributed by atoms with Gasteiger partial charge in [0.15, 0.2) is 11.5 Å². The van der Waals surface area contributed by atoms with E-state index in [1.54, 1.807) is 24.3 Å². The molecule has 1 fully saturated rings. The zero-order chi connectivity index (χ0) is 30.7. The number of aryl methyl sites for hydroxylation is 1. The van der Waals surface area contributed by atoms with Crippen LogP contribution in [0.3, 0.4) is 0 Å². The maximum atomic E-state index is 13.3. The minimum Gasteiger partial charge on any atom is -0.480 e. The molecule has 0 amide bonds. The van der Waals surface area contributed by atoms with Gasteiger partial charge in [0.05, 0.1) is 31.3 Å². The molecule has 3 heterocycles. The third-order valence-electron chi connectivity index (χ3n) is 7.88. The molecule has 2 aliphatic rings. The molecule has 0 N–H and O–H groups in total. The number of imidazole rings is 1. The maximum Gasteiger partial charge on any atom is 0.434 e. The lowest BCUT2D eigenvalue weighted by Gasteiger charge is -2.25. The van der Waals surface area contributed by atoms with Crippen molar-refractivity contribution in [1.82, 2.24) is 29.5 Å². The van der Waals surface area contributed by atoms with E-state index in [-0.39, 0.29) is 24.2 Å². The predicted octanol–water partition coefficient (Wildman–Crippen LogP) is 5.25. The highest BCUT2D eigenvalue weighted by Crippen LogP contribution is 2.46. The van der Waals surface area contributed by atoms with Crippen molar-refractivity contribution in [2.24, 2.45) is 7.05 Å². The Kier molecular flexibility index (Phi) is 7.14. The van der Waals surface area contributed by atoms with E-state index in [1.807, 2.05) is 0 Å². The van der Waals surface area contributed by atoms with Gasteiger partial charge in [-0.3, -0.25) is 0 Å². The van der Waals surface area contributed by atoms with E-state index < -0.39 is 21.9 Å². The van der Waals surface area contributed by atoms with Crippen LogP contribution in [-0.2, 0) is 36.2 Å². The fourth-order valence-corrected chi connectivity index (χ4v) is 6.36. The molecule has 0 bridgehead atoms. The molecule has 1 unspecified atom stereocenters. The average Bonchev–Trinajstić information content (AvgIpc) is 3.63. The SMILES string of the molecule is COc1ncnc(C2CC2)c1-c1nc2c(c(N(Cc3ccc(-c4nc(C(F)(F)F)cn4C)cc3)S(C)(=O)=O)n1)CCC2C. The Morgan fingerprint density at radius 3 is 2.37 bits per heavy atom. The molecule has 0 spiro atoms. The molecular formula is C29H30F3N7O3S. The fraction of sp³-hybridized carbons (Fsp3) is 0.414. The molecule has 6 rings (SSSR count). The van der Waals surface area contributed by atoms with Crippen LogP contribution in [0.4, 0.5) is 19.0 Å².